The molecule has 4 aromatic carbocycles. The molecule has 6 aromatic rings. The first kappa shape index (κ1) is 23.2. The zero-order valence-corrected chi connectivity index (χ0v) is 21.2. The Morgan fingerprint density at radius 2 is 1.21 bits per heavy atom. The summed E-state index contributed by atoms with van der Waals surface area (Å²) in [5.74, 6) is 1.53. The molecule has 8 rings (SSSR count). The SMILES string of the molecule is Nc1n[nH]c(=O)n1-c1ccc(C2CC2)c2ccccc12.O=c1[nH]ncn1-c1ccc(C2CC2)c2ccccc12. The lowest BCUT2D eigenvalue weighted by Gasteiger charge is -2.11. The summed E-state index contributed by atoms with van der Waals surface area (Å²) in [6.45, 7) is 0. The second-order valence-corrected chi connectivity index (χ2v) is 10.2. The van der Waals surface area contributed by atoms with E-state index in [0.717, 1.165) is 22.1 Å². The van der Waals surface area contributed by atoms with Crippen molar-refractivity contribution < 1.29 is 0 Å². The molecule has 2 saturated carbocycles. The summed E-state index contributed by atoms with van der Waals surface area (Å²) in [5.41, 5.74) is 9.70. The summed E-state index contributed by atoms with van der Waals surface area (Å²) in [6, 6.07) is 24.6. The molecule has 2 aromatic heterocycles. The highest BCUT2D eigenvalue weighted by Crippen LogP contribution is 2.45. The predicted molar refractivity (Wildman–Crippen MR) is 152 cm³/mol. The van der Waals surface area contributed by atoms with Crippen molar-refractivity contribution in [2.45, 2.75) is 37.5 Å². The van der Waals surface area contributed by atoms with Gasteiger partial charge in [0.15, 0.2) is 0 Å². The van der Waals surface area contributed by atoms with Crippen molar-refractivity contribution in [2.75, 3.05) is 5.73 Å². The molecule has 4 N–H and O–H groups in total. The van der Waals surface area contributed by atoms with Crippen molar-refractivity contribution in [3.63, 3.8) is 0 Å². The minimum absolute atomic E-state index is 0.180. The van der Waals surface area contributed by atoms with Crippen LogP contribution in [0.1, 0.15) is 48.6 Å². The molecule has 9 heteroatoms. The molecule has 9 nitrogen and oxygen atoms in total. The van der Waals surface area contributed by atoms with Gasteiger partial charge in [-0.25, -0.2) is 28.9 Å². The van der Waals surface area contributed by atoms with Gasteiger partial charge in [-0.2, -0.15) is 5.10 Å². The van der Waals surface area contributed by atoms with Gasteiger partial charge in [0.1, 0.15) is 6.33 Å². The maximum absolute atomic E-state index is 11.9. The smallest absolute Gasteiger partial charge is 0.349 e. The van der Waals surface area contributed by atoms with Crippen LogP contribution in [-0.4, -0.2) is 29.5 Å². The van der Waals surface area contributed by atoms with Crippen LogP contribution in [0.2, 0.25) is 0 Å². The molecule has 0 spiro atoms. The fraction of sp³-hybridized carbons (Fsp3) is 0.200. The first-order valence-electron chi connectivity index (χ1n) is 13.2. The van der Waals surface area contributed by atoms with Gasteiger partial charge < -0.3 is 5.73 Å². The van der Waals surface area contributed by atoms with Gasteiger partial charge in [0.05, 0.1) is 11.4 Å². The number of nitrogens with two attached hydrogens (primary N) is 1. The Balaban J connectivity index is 0.000000130. The molecule has 39 heavy (non-hydrogen) atoms. The molecule has 2 heterocycles. The molecule has 0 unspecified atom stereocenters. The summed E-state index contributed by atoms with van der Waals surface area (Å²) in [7, 11) is 0. The molecule has 2 aliphatic carbocycles. The van der Waals surface area contributed by atoms with E-state index in [9.17, 15) is 9.59 Å². The van der Waals surface area contributed by atoms with Crippen LogP contribution in [0.25, 0.3) is 32.9 Å². The van der Waals surface area contributed by atoms with E-state index in [4.69, 9.17) is 5.73 Å². The molecule has 194 valence electrons. The minimum atomic E-state index is -0.313. The van der Waals surface area contributed by atoms with E-state index < -0.39 is 0 Å². The largest absolute Gasteiger partial charge is 0.368 e. The maximum Gasteiger partial charge on any atom is 0.349 e. The number of anilines is 1. The van der Waals surface area contributed by atoms with E-state index in [-0.39, 0.29) is 17.3 Å². The number of nitrogens with zero attached hydrogens (tertiary/aromatic N) is 4. The Morgan fingerprint density at radius 3 is 1.69 bits per heavy atom. The molecular formula is C30H27N7O2. The number of aromatic amines is 2. The molecule has 0 atom stereocenters. The second kappa shape index (κ2) is 9.13. The zero-order valence-electron chi connectivity index (χ0n) is 21.2. The Labute approximate surface area is 222 Å². The number of nitrogen functional groups attached to an aromatic ring is 1. The lowest BCUT2D eigenvalue weighted by atomic mass is 9.99. The third-order valence-electron chi connectivity index (χ3n) is 7.65. The highest BCUT2D eigenvalue weighted by molar-refractivity contribution is 5.94. The third-order valence-corrected chi connectivity index (χ3v) is 7.65. The Bertz CT molecular complexity index is 1950. The number of nitrogens with one attached hydrogen (secondary N) is 2. The molecule has 0 amide bonds. The van der Waals surface area contributed by atoms with Crippen molar-refractivity contribution in [2.24, 2.45) is 0 Å². The van der Waals surface area contributed by atoms with Crippen LogP contribution in [0.3, 0.4) is 0 Å². The van der Waals surface area contributed by atoms with E-state index in [1.165, 1.54) is 58.5 Å². The number of H-pyrrole nitrogens is 2. The van der Waals surface area contributed by atoms with Crippen LogP contribution in [0.5, 0.6) is 0 Å². The fourth-order valence-electron chi connectivity index (χ4n) is 5.48. The van der Waals surface area contributed by atoms with Crippen LogP contribution in [-0.2, 0) is 0 Å². The average molecular weight is 518 g/mol. The zero-order chi connectivity index (χ0) is 26.5. The van der Waals surface area contributed by atoms with Gasteiger partial charge >= 0.3 is 11.4 Å². The molecule has 0 bridgehead atoms. The molecule has 0 saturated heterocycles. The monoisotopic (exact) mass is 517 g/mol. The van der Waals surface area contributed by atoms with Gasteiger partial charge in [0, 0.05) is 10.8 Å². The van der Waals surface area contributed by atoms with E-state index in [1.807, 2.05) is 36.4 Å². The number of benzene rings is 4. The first-order chi connectivity index (χ1) is 19.1. The van der Waals surface area contributed by atoms with Gasteiger partial charge in [-0.05, 0) is 71.6 Å². The Hall–Kier alpha value is -4.92. The third kappa shape index (κ3) is 4.12. The summed E-state index contributed by atoms with van der Waals surface area (Å²) in [4.78, 5) is 23.6. The lowest BCUT2D eigenvalue weighted by Crippen LogP contribution is -2.16. The van der Waals surface area contributed by atoms with Crippen molar-refractivity contribution in [3.8, 4) is 11.4 Å². The van der Waals surface area contributed by atoms with E-state index in [1.54, 1.807) is 4.57 Å². The fourth-order valence-corrected chi connectivity index (χ4v) is 5.48. The lowest BCUT2D eigenvalue weighted by molar-refractivity contribution is 0.988. The molecular weight excluding hydrogens is 490 g/mol. The van der Waals surface area contributed by atoms with Crippen LogP contribution in [0.4, 0.5) is 5.95 Å². The summed E-state index contributed by atoms with van der Waals surface area (Å²) >= 11 is 0. The molecule has 0 aliphatic heterocycles. The molecule has 2 aliphatic rings. The Morgan fingerprint density at radius 1 is 0.667 bits per heavy atom. The van der Waals surface area contributed by atoms with Gasteiger partial charge in [-0.3, -0.25) is 0 Å². The van der Waals surface area contributed by atoms with Gasteiger partial charge in [0.25, 0.3) is 0 Å². The maximum atomic E-state index is 11.9. The normalized spacial score (nSPS) is 14.9. The van der Waals surface area contributed by atoms with Crippen LogP contribution in [0.15, 0.2) is 88.7 Å². The number of hydrogen-bond donors (Lipinski definition) is 3. The number of fused-ring (bicyclic) bond motifs is 2. The predicted octanol–water partition coefficient (Wildman–Crippen LogP) is 4.76. The summed E-state index contributed by atoms with van der Waals surface area (Å²) < 4.78 is 2.97. The Kier molecular flexibility index (Phi) is 5.43. The minimum Gasteiger partial charge on any atom is -0.368 e. The van der Waals surface area contributed by atoms with Crippen LogP contribution in [0, 0.1) is 0 Å². The quantitative estimate of drug-likeness (QED) is 0.311. The van der Waals surface area contributed by atoms with Crippen LogP contribution >= 0.6 is 0 Å². The van der Waals surface area contributed by atoms with Crippen molar-refractivity contribution in [3.05, 3.63) is 111 Å². The number of aromatic nitrogens is 6. The van der Waals surface area contributed by atoms with Gasteiger partial charge in [0.2, 0.25) is 5.95 Å². The topological polar surface area (TPSA) is 127 Å². The van der Waals surface area contributed by atoms with Crippen molar-refractivity contribution in [1.29, 1.82) is 0 Å². The number of rotatable bonds is 4. The second-order valence-electron chi connectivity index (χ2n) is 10.2. The van der Waals surface area contributed by atoms with E-state index in [2.05, 4.69) is 56.8 Å². The summed E-state index contributed by atoms with van der Waals surface area (Å²) in [5, 5.41) is 17.0. The van der Waals surface area contributed by atoms with Gasteiger partial charge in [-0.15, -0.1) is 5.10 Å². The first-order valence-corrected chi connectivity index (χ1v) is 13.2. The van der Waals surface area contributed by atoms with Crippen molar-refractivity contribution in [1.82, 2.24) is 29.5 Å². The highest BCUT2D eigenvalue weighted by Gasteiger charge is 2.27. The number of hydrogen-bond acceptors (Lipinski definition) is 5. The van der Waals surface area contributed by atoms with Crippen LogP contribution < -0.4 is 17.1 Å². The van der Waals surface area contributed by atoms with E-state index in [0.29, 0.717) is 11.8 Å². The summed E-state index contributed by atoms with van der Waals surface area (Å²) in [6.07, 6.45) is 6.57. The highest BCUT2D eigenvalue weighted by atomic mass is 16.2. The molecule has 0 radical (unpaired) electrons. The van der Waals surface area contributed by atoms with Gasteiger partial charge in [-0.1, -0.05) is 60.7 Å². The average Bonchev–Trinajstić information content (AvgIpc) is 3.90. The standard InChI is InChI=1S/C15H14N4O.C15H13N3O/c16-14-17-18-15(20)19(14)13-8-7-10(9-5-6-9)11-3-1-2-4-12(11)13;19-15-17-16-9-18(15)14-8-7-11(10-5-6-10)12-3-1-2-4-13(12)14/h1-4,7-9H,5-6H2,(H2,16,17)(H,18,20);1-4,7-10H,5-6H2,(H,17,19). The van der Waals surface area contributed by atoms with E-state index >= 15 is 0 Å². The van der Waals surface area contributed by atoms with Crippen molar-refractivity contribution >= 4 is 27.5 Å². The molecule has 2 fully saturated rings.